The van der Waals surface area contributed by atoms with Crippen LogP contribution < -0.4 is 14.8 Å². The topological polar surface area (TPSA) is 65.4 Å². The molecule has 0 aliphatic rings. The molecule has 1 aromatic heterocycles. The molecule has 6 nitrogen and oxygen atoms in total. The van der Waals surface area contributed by atoms with Crippen LogP contribution in [0.1, 0.15) is 15.9 Å². The second-order valence-electron chi connectivity index (χ2n) is 5.67. The first-order valence-electron chi connectivity index (χ1n) is 8.00. The number of anilines is 1. The molecule has 1 N–H and O–H groups in total. The Labute approximate surface area is 166 Å². The third kappa shape index (κ3) is 4.53. The van der Waals surface area contributed by atoms with Crippen LogP contribution in [0.4, 0.5) is 5.82 Å². The Balaban J connectivity index is 1.81. The largest absolute Gasteiger partial charge is 0.497 e. The smallest absolute Gasteiger partial charge is 0.257 e. The maximum Gasteiger partial charge on any atom is 0.257 e. The van der Waals surface area contributed by atoms with Gasteiger partial charge >= 0.3 is 0 Å². The van der Waals surface area contributed by atoms with E-state index in [0.29, 0.717) is 39.5 Å². The SMILES string of the molecule is COc1cc(OC)cc(C(=O)Nc2ccnn2Cc2ccc(Cl)cc2Cl)c1. The molecule has 0 radical (unpaired) electrons. The van der Waals surface area contributed by atoms with Gasteiger partial charge in [0.05, 0.1) is 27.0 Å². The van der Waals surface area contributed by atoms with Gasteiger partial charge in [-0.3, -0.25) is 4.79 Å². The Morgan fingerprint density at radius 3 is 2.41 bits per heavy atom. The number of nitrogens with one attached hydrogen (secondary N) is 1. The van der Waals surface area contributed by atoms with Gasteiger partial charge in [0.15, 0.2) is 0 Å². The summed E-state index contributed by atoms with van der Waals surface area (Å²) in [5.41, 5.74) is 1.24. The van der Waals surface area contributed by atoms with Gasteiger partial charge in [0, 0.05) is 27.7 Å². The van der Waals surface area contributed by atoms with E-state index in [1.54, 1.807) is 47.3 Å². The maximum absolute atomic E-state index is 12.7. The Bertz CT molecular complexity index is 950. The highest BCUT2D eigenvalue weighted by atomic mass is 35.5. The van der Waals surface area contributed by atoms with Crippen molar-refractivity contribution < 1.29 is 14.3 Å². The second-order valence-corrected chi connectivity index (χ2v) is 6.51. The quantitative estimate of drug-likeness (QED) is 0.655. The van der Waals surface area contributed by atoms with E-state index in [1.165, 1.54) is 14.2 Å². The zero-order valence-electron chi connectivity index (χ0n) is 14.7. The molecule has 27 heavy (non-hydrogen) atoms. The molecule has 3 rings (SSSR count). The summed E-state index contributed by atoms with van der Waals surface area (Å²) < 4.78 is 12.1. The van der Waals surface area contributed by atoms with Crippen LogP contribution in [-0.2, 0) is 6.54 Å². The molecular weight excluding hydrogens is 389 g/mol. The standard InChI is InChI=1S/C19H17Cl2N3O3/c1-26-15-7-13(8-16(10-15)27-2)19(25)23-18-5-6-22-24(18)11-12-3-4-14(20)9-17(12)21/h3-10H,11H2,1-2H3,(H,23,25). The molecule has 1 amide bonds. The normalized spacial score (nSPS) is 10.5. The predicted molar refractivity (Wildman–Crippen MR) is 105 cm³/mol. The van der Waals surface area contributed by atoms with Crippen molar-refractivity contribution in [1.82, 2.24) is 9.78 Å². The Morgan fingerprint density at radius 2 is 1.78 bits per heavy atom. The molecule has 0 unspecified atom stereocenters. The van der Waals surface area contributed by atoms with Crippen molar-refractivity contribution in [3.63, 3.8) is 0 Å². The van der Waals surface area contributed by atoms with Crippen molar-refractivity contribution >= 4 is 34.9 Å². The number of nitrogens with zero attached hydrogens (tertiary/aromatic N) is 2. The van der Waals surface area contributed by atoms with Crippen LogP contribution in [0.15, 0.2) is 48.7 Å². The third-order valence-corrected chi connectivity index (χ3v) is 4.49. The zero-order valence-corrected chi connectivity index (χ0v) is 16.2. The Hall–Kier alpha value is -2.70. The van der Waals surface area contributed by atoms with Crippen LogP contribution in [-0.4, -0.2) is 29.9 Å². The fraction of sp³-hybridized carbons (Fsp3) is 0.158. The fourth-order valence-electron chi connectivity index (χ4n) is 2.50. The molecule has 0 bridgehead atoms. The maximum atomic E-state index is 12.7. The second kappa shape index (κ2) is 8.33. The number of hydrogen-bond acceptors (Lipinski definition) is 4. The van der Waals surface area contributed by atoms with Gasteiger partial charge in [0.1, 0.15) is 17.3 Å². The number of benzene rings is 2. The average Bonchev–Trinajstić information content (AvgIpc) is 3.10. The monoisotopic (exact) mass is 405 g/mol. The van der Waals surface area contributed by atoms with Gasteiger partial charge < -0.3 is 14.8 Å². The molecule has 0 spiro atoms. The molecule has 8 heteroatoms. The number of methoxy groups -OCH3 is 2. The number of carbonyl (C=O) groups is 1. The summed E-state index contributed by atoms with van der Waals surface area (Å²) in [5, 5.41) is 8.19. The summed E-state index contributed by atoms with van der Waals surface area (Å²) in [7, 11) is 3.06. The van der Waals surface area contributed by atoms with E-state index in [2.05, 4.69) is 10.4 Å². The van der Waals surface area contributed by atoms with Gasteiger partial charge in [0.25, 0.3) is 5.91 Å². The summed E-state index contributed by atoms with van der Waals surface area (Å²) in [6, 6.07) is 11.9. The Kier molecular flexibility index (Phi) is 5.88. The minimum absolute atomic E-state index is 0.309. The number of halogens is 2. The van der Waals surface area contributed by atoms with E-state index in [1.807, 2.05) is 6.07 Å². The van der Waals surface area contributed by atoms with Crippen LogP contribution >= 0.6 is 23.2 Å². The number of rotatable bonds is 6. The van der Waals surface area contributed by atoms with Gasteiger partial charge in [0.2, 0.25) is 0 Å². The highest BCUT2D eigenvalue weighted by molar-refractivity contribution is 6.35. The van der Waals surface area contributed by atoms with Crippen LogP contribution in [0.3, 0.4) is 0 Å². The molecule has 0 fully saturated rings. The number of carbonyl (C=O) groups excluding carboxylic acids is 1. The first-order valence-corrected chi connectivity index (χ1v) is 8.76. The van der Waals surface area contributed by atoms with E-state index in [0.717, 1.165) is 5.56 Å². The molecular formula is C19H17Cl2N3O3. The minimum Gasteiger partial charge on any atom is -0.497 e. The molecule has 1 heterocycles. The van der Waals surface area contributed by atoms with Gasteiger partial charge in [-0.05, 0) is 29.8 Å². The van der Waals surface area contributed by atoms with Crippen LogP contribution in [0, 0.1) is 0 Å². The lowest BCUT2D eigenvalue weighted by Crippen LogP contribution is -2.16. The lowest BCUT2D eigenvalue weighted by Gasteiger charge is -2.12. The van der Waals surface area contributed by atoms with Gasteiger partial charge in [-0.25, -0.2) is 4.68 Å². The summed E-state index contributed by atoms with van der Waals surface area (Å²) in [6.45, 7) is 0.389. The first-order chi connectivity index (χ1) is 13.0. The van der Waals surface area contributed by atoms with Gasteiger partial charge in [-0.1, -0.05) is 29.3 Å². The van der Waals surface area contributed by atoms with Crippen molar-refractivity contribution in [2.45, 2.75) is 6.54 Å². The number of hydrogen-bond donors (Lipinski definition) is 1. The van der Waals surface area contributed by atoms with Crippen molar-refractivity contribution in [3.05, 3.63) is 69.8 Å². The highest BCUT2D eigenvalue weighted by Gasteiger charge is 2.13. The van der Waals surface area contributed by atoms with E-state index in [-0.39, 0.29) is 5.91 Å². The van der Waals surface area contributed by atoms with E-state index in [4.69, 9.17) is 32.7 Å². The summed E-state index contributed by atoms with van der Waals surface area (Å²) >= 11 is 12.2. The van der Waals surface area contributed by atoms with Crippen LogP contribution in [0.25, 0.3) is 0 Å². The van der Waals surface area contributed by atoms with Gasteiger partial charge in [-0.15, -0.1) is 0 Å². The van der Waals surface area contributed by atoms with Crippen molar-refractivity contribution in [2.75, 3.05) is 19.5 Å². The summed E-state index contributed by atoms with van der Waals surface area (Å²) in [5.74, 6) is 1.28. The highest BCUT2D eigenvalue weighted by Crippen LogP contribution is 2.25. The molecule has 2 aromatic carbocycles. The molecule has 0 atom stereocenters. The molecule has 140 valence electrons. The van der Waals surface area contributed by atoms with Crippen LogP contribution in [0.5, 0.6) is 11.5 Å². The predicted octanol–water partition coefficient (Wildman–Crippen LogP) is 4.51. The number of ether oxygens (including phenoxy) is 2. The van der Waals surface area contributed by atoms with Crippen molar-refractivity contribution in [1.29, 1.82) is 0 Å². The number of amides is 1. The van der Waals surface area contributed by atoms with Gasteiger partial charge in [-0.2, -0.15) is 5.10 Å². The van der Waals surface area contributed by atoms with E-state index >= 15 is 0 Å². The lowest BCUT2D eigenvalue weighted by molar-refractivity contribution is 0.102. The molecule has 0 aliphatic heterocycles. The number of aromatic nitrogens is 2. The molecule has 0 aliphatic carbocycles. The summed E-state index contributed by atoms with van der Waals surface area (Å²) in [6.07, 6.45) is 1.60. The van der Waals surface area contributed by atoms with Crippen LogP contribution in [0.2, 0.25) is 10.0 Å². The molecule has 0 saturated heterocycles. The summed E-state index contributed by atoms with van der Waals surface area (Å²) in [4.78, 5) is 12.7. The Morgan fingerprint density at radius 1 is 1.07 bits per heavy atom. The van der Waals surface area contributed by atoms with Crippen molar-refractivity contribution in [3.8, 4) is 11.5 Å². The van der Waals surface area contributed by atoms with Crippen molar-refractivity contribution in [2.24, 2.45) is 0 Å². The van der Waals surface area contributed by atoms with E-state index < -0.39 is 0 Å². The molecule has 3 aromatic rings. The zero-order chi connectivity index (χ0) is 19.4. The molecule has 0 saturated carbocycles. The lowest BCUT2D eigenvalue weighted by atomic mass is 10.2. The fourth-order valence-corrected chi connectivity index (χ4v) is 2.97. The third-order valence-electron chi connectivity index (χ3n) is 3.91. The average molecular weight is 406 g/mol. The van der Waals surface area contributed by atoms with E-state index in [9.17, 15) is 4.79 Å². The first kappa shape index (κ1) is 19.1. The minimum atomic E-state index is -0.309.